The molecule has 172 valence electrons. The van der Waals surface area contributed by atoms with E-state index in [1.807, 2.05) is 16.7 Å². The highest BCUT2D eigenvalue weighted by atomic mass is 32.2. The zero-order valence-corrected chi connectivity index (χ0v) is 19.1. The van der Waals surface area contributed by atoms with Gasteiger partial charge in [0.05, 0.1) is 22.8 Å². The summed E-state index contributed by atoms with van der Waals surface area (Å²) in [6.45, 7) is 4.85. The lowest BCUT2D eigenvalue weighted by atomic mass is 10.2. The van der Waals surface area contributed by atoms with E-state index >= 15 is 0 Å². The molecule has 0 unspecified atom stereocenters. The van der Waals surface area contributed by atoms with Crippen molar-refractivity contribution in [2.45, 2.75) is 49.7 Å². The monoisotopic (exact) mass is 468 g/mol. The summed E-state index contributed by atoms with van der Waals surface area (Å²) in [5.74, 6) is 0.475. The molecule has 1 fully saturated rings. The average Bonchev–Trinajstić information content (AvgIpc) is 3.46. The van der Waals surface area contributed by atoms with Crippen molar-refractivity contribution in [1.82, 2.24) is 19.7 Å². The molecule has 1 aliphatic heterocycles. The molecule has 3 aromatic rings. The molecule has 11 heteroatoms. The maximum atomic E-state index is 12.9. The second-order valence-corrected chi connectivity index (χ2v) is 9.10. The molecule has 1 saturated heterocycles. The zero-order valence-electron chi connectivity index (χ0n) is 18.3. The van der Waals surface area contributed by atoms with Crippen molar-refractivity contribution in [3.8, 4) is 11.4 Å². The molecule has 1 aromatic carbocycles. The van der Waals surface area contributed by atoms with Gasteiger partial charge in [0.15, 0.2) is 11.0 Å². The highest BCUT2D eigenvalue weighted by Gasteiger charge is 2.25. The second kappa shape index (κ2) is 10.1. The number of hydrogen-bond acceptors (Lipinski definition) is 8. The zero-order chi connectivity index (χ0) is 23.4. The molecule has 10 nitrogen and oxygen atoms in total. The van der Waals surface area contributed by atoms with Gasteiger partial charge in [0.2, 0.25) is 5.91 Å². The van der Waals surface area contributed by atoms with E-state index < -0.39 is 10.2 Å². The topological polar surface area (TPSA) is 125 Å². The van der Waals surface area contributed by atoms with Crippen molar-refractivity contribution in [3.63, 3.8) is 0 Å². The minimum absolute atomic E-state index is 0.0150. The SMILES string of the molecule is Cc1cc([N+](=O)[O-])ccc1NC(=O)[C@@H](C)Sc1nnc(-c2ccncc2)n1C[C@H]1CCCO1. The van der Waals surface area contributed by atoms with Crippen molar-refractivity contribution in [2.75, 3.05) is 11.9 Å². The summed E-state index contributed by atoms with van der Waals surface area (Å²) in [4.78, 5) is 27.4. The number of thioether (sulfide) groups is 1. The van der Waals surface area contributed by atoms with Crippen molar-refractivity contribution in [3.05, 3.63) is 58.4 Å². The van der Waals surface area contributed by atoms with Crippen molar-refractivity contribution >= 4 is 29.0 Å². The Morgan fingerprint density at radius 3 is 2.79 bits per heavy atom. The van der Waals surface area contributed by atoms with Gasteiger partial charge in [-0.05, 0) is 50.5 Å². The van der Waals surface area contributed by atoms with Crippen LogP contribution in [0.4, 0.5) is 11.4 Å². The third-order valence-electron chi connectivity index (χ3n) is 5.40. The first-order valence-electron chi connectivity index (χ1n) is 10.6. The number of amides is 1. The molecule has 1 N–H and O–H groups in total. The lowest BCUT2D eigenvalue weighted by Gasteiger charge is -2.17. The lowest BCUT2D eigenvalue weighted by Crippen LogP contribution is -2.24. The normalized spacial score (nSPS) is 16.5. The van der Waals surface area contributed by atoms with Gasteiger partial charge in [0, 0.05) is 42.4 Å². The number of rotatable bonds is 8. The molecule has 33 heavy (non-hydrogen) atoms. The first-order valence-corrected chi connectivity index (χ1v) is 11.5. The first-order chi connectivity index (χ1) is 15.9. The number of carbonyl (C=O) groups is 1. The largest absolute Gasteiger partial charge is 0.376 e. The highest BCUT2D eigenvalue weighted by Crippen LogP contribution is 2.29. The summed E-state index contributed by atoms with van der Waals surface area (Å²) >= 11 is 1.31. The Bertz CT molecular complexity index is 1150. The van der Waals surface area contributed by atoms with Crippen LogP contribution in [0.5, 0.6) is 0 Å². The fourth-order valence-electron chi connectivity index (χ4n) is 3.59. The average molecular weight is 469 g/mol. The number of non-ortho nitro benzene ring substituents is 1. The molecule has 0 bridgehead atoms. The van der Waals surface area contributed by atoms with Gasteiger partial charge in [-0.25, -0.2) is 0 Å². The number of nitrogens with zero attached hydrogens (tertiary/aromatic N) is 5. The van der Waals surface area contributed by atoms with E-state index in [-0.39, 0.29) is 17.7 Å². The molecule has 2 atom stereocenters. The second-order valence-electron chi connectivity index (χ2n) is 7.79. The van der Waals surface area contributed by atoms with E-state index in [1.54, 1.807) is 32.3 Å². The molecular weight excluding hydrogens is 444 g/mol. The van der Waals surface area contributed by atoms with Gasteiger partial charge in [-0.15, -0.1) is 10.2 Å². The van der Waals surface area contributed by atoms with Crippen molar-refractivity contribution < 1.29 is 14.5 Å². The Morgan fingerprint density at radius 2 is 2.12 bits per heavy atom. The molecular formula is C22H24N6O4S. The molecule has 0 saturated carbocycles. The molecule has 2 aromatic heterocycles. The number of nitro benzene ring substituents is 1. The summed E-state index contributed by atoms with van der Waals surface area (Å²) in [5, 5.41) is 22.7. The van der Waals surface area contributed by atoms with E-state index in [4.69, 9.17) is 4.74 Å². The van der Waals surface area contributed by atoms with Crippen molar-refractivity contribution in [1.29, 1.82) is 0 Å². The van der Waals surface area contributed by atoms with Crippen molar-refractivity contribution in [2.24, 2.45) is 0 Å². The van der Waals surface area contributed by atoms with E-state index in [9.17, 15) is 14.9 Å². The van der Waals surface area contributed by atoms with Gasteiger partial charge in [0.1, 0.15) is 0 Å². The van der Waals surface area contributed by atoms with Crippen LogP contribution in [0, 0.1) is 17.0 Å². The molecule has 1 aliphatic rings. The number of carbonyl (C=O) groups excluding carboxylic acids is 1. The number of pyridine rings is 1. The Balaban J connectivity index is 1.52. The minimum Gasteiger partial charge on any atom is -0.376 e. The number of anilines is 1. The van der Waals surface area contributed by atoms with Crippen LogP contribution in [0.25, 0.3) is 11.4 Å². The first kappa shape index (κ1) is 22.9. The fraction of sp³-hybridized carbons (Fsp3) is 0.364. The van der Waals surface area contributed by atoms with E-state index in [2.05, 4.69) is 20.5 Å². The third-order valence-corrected chi connectivity index (χ3v) is 6.48. The molecule has 4 rings (SSSR count). The number of nitrogens with one attached hydrogen (secondary N) is 1. The Hall–Kier alpha value is -3.31. The van der Waals surface area contributed by atoms with Gasteiger partial charge < -0.3 is 10.1 Å². The maximum Gasteiger partial charge on any atom is 0.269 e. The van der Waals surface area contributed by atoms with Gasteiger partial charge in [-0.1, -0.05) is 11.8 Å². The summed E-state index contributed by atoms with van der Waals surface area (Å²) < 4.78 is 7.81. The van der Waals surface area contributed by atoms with E-state index in [0.717, 1.165) is 25.0 Å². The smallest absolute Gasteiger partial charge is 0.269 e. The number of aromatic nitrogens is 4. The number of benzene rings is 1. The van der Waals surface area contributed by atoms with Crippen LogP contribution < -0.4 is 5.32 Å². The van der Waals surface area contributed by atoms with Crippen LogP contribution in [0.2, 0.25) is 0 Å². The summed E-state index contributed by atoms with van der Waals surface area (Å²) in [6, 6.07) is 8.10. The Labute approximate surface area is 194 Å². The fourth-order valence-corrected chi connectivity index (χ4v) is 4.45. The Morgan fingerprint density at radius 1 is 1.33 bits per heavy atom. The number of ether oxygens (including phenoxy) is 1. The predicted molar refractivity (Wildman–Crippen MR) is 124 cm³/mol. The molecule has 1 amide bonds. The third kappa shape index (κ3) is 5.37. The number of aryl methyl sites for hydroxylation is 1. The highest BCUT2D eigenvalue weighted by molar-refractivity contribution is 8.00. The van der Waals surface area contributed by atoms with Crippen LogP contribution in [0.1, 0.15) is 25.3 Å². The Kier molecular flexibility index (Phi) is 6.99. The standard InChI is InChI=1S/C22H24N6O4S/c1-14-12-17(28(30)31)5-6-19(14)24-21(29)15(2)33-22-26-25-20(16-7-9-23-10-8-16)27(22)13-18-4-3-11-32-18/h5-10,12,15,18H,3-4,11,13H2,1-2H3,(H,24,29)/t15-,18-/m1/s1. The quantitative estimate of drug-likeness (QED) is 0.300. The van der Waals surface area contributed by atoms with E-state index in [1.165, 1.54) is 23.9 Å². The van der Waals surface area contributed by atoms with E-state index in [0.29, 0.717) is 28.8 Å². The van der Waals surface area contributed by atoms with Gasteiger partial charge in [-0.2, -0.15) is 0 Å². The summed E-state index contributed by atoms with van der Waals surface area (Å²) in [7, 11) is 0. The number of nitro groups is 1. The van der Waals surface area contributed by atoms with Crippen LogP contribution >= 0.6 is 11.8 Å². The predicted octanol–water partition coefficient (Wildman–Crippen LogP) is 3.86. The number of hydrogen-bond donors (Lipinski definition) is 1. The van der Waals surface area contributed by atoms with Gasteiger partial charge in [0.25, 0.3) is 5.69 Å². The summed E-state index contributed by atoms with van der Waals surface area (Å²) in [6.07, 6.45) is 5.47. The van der Waals surface area contributed by atoms with Crippen LogP contribution in [0.15, 0.2) is 47.9 Å². The van der Waals surface area contributed by atoms with Crippen LogP contribution in [-0.2, 0) is 16.1 Å². The maximum absolute atomic E-state index is 12.9. The van der Waals surface area contributed by atoms with Gasteiger partial charge in [-0.3, -0.25) is 24.5 Å². The molecule has 0 spiro atoms. The molecule has 0 aliphatic carbocycles. The van der Waals surface area contributed by atoms with Crippen LogP contribution in [-0.4, -0.2) is 48.5 Å². The molecule has 0 radical (unpaired) electrons. The lowest BCUT2D eigenvalue weighted by molar-refractivity contribution is -0.384. The minimum atomic E-state index is -0.475. The summed E-state index contributed by atoms with van der Waals surface area (Å²) in [5.41, 5.74) is 2.03. The molecule has 3 heterocycles. The van der Waals surface area contributed by atoms with Gasteiger partial charge >= 0.3 is 0 Å². The van der Waals surface area contributed by atoms with Crippen LogP contribution in [0.3, 0.4) is 0 Å².